The molecule has 1 aliphatic rings. The van der Waals surface area contributed by atoms with E-state index in [-0.39, 0.29) is 34.6 Å². The van der Waals surface area contributed by atoms with Crippen molar-refractivity contribution in [1.29, 1.82) is 0 Å². The molecular weight excluding hydrogens is 454 g/mol. The van der Waals surface area contributed by atoms with E-state index >= 15 is 0 Å². The lowest BCUT2D eigenvalue weighted by atomic mass is 10.1. The first-order chi connectivity index (χ1) is 16.3. The van der Waals surface area contributed by atoms with Crippen molar-refractivity contribution in [3.05, 3.63) is 83.9 Å². The molecule has 0 aromatic heterocycles. The number of fused-ring (bicyclic) bond motifs is 1. The molecule has 3 aromatic carbocycles. The van der Waals surface area contributed by atoms with Crippen LogP contribution in [-0.4, -0.2) is 38.4 Å². The van der Waals surface area contributed by atoms with Crippen LogP contribution in [0.3, 0.4) is 0 Å². The van der Waals surface area contributed by atoms with Crippen LogP contribution in [0.4, 0.5) is 17.1 Å². The molecule has 34 heavy (non-hydrogen) atoms. The maximum Gasteiger partial charge on any atom is 0.258 e. The van der Waals surface area contributed by atoms with Gasteiger partial charge in [-0.2, -0.15) is 0 Å². The number of benzene rings is 3. The number of carbonyl (C=O) groups is 3. The third-order valence-electron chi connectivity index (χ3n) is 5.35. The molecule has 0 spiro atoms. The fourth-order valence-corrected chi connectivity index (χ4v) is 5.31. The van der Waals surface area contributed by atoms with Crippen LogP contribution in [0.5, 0.6) is 0 Å². The summed E-state index contributed by atoms with van der Waals surface area (Å²) in [7, 11) is -3.58. The number of nitrogens with one attached hydrogen (secondary N) is 2. The lowest BCUT2D eigenvalue weighted by Crippen LogP contribution is -2.42. The van der Waals surface area contributed by atoms with Crippen LogP contribution in [0.15, 0.2) is 77.7 Å². The quantitative estimate of drug-likeness (QED) is 0.562. The van der Waals surface area contributed by atoms with E-state index in [0.29, 0.717) is 29.0 Å². The number of para-hydroxylation sites is 2. The minimum absolute atomic E-state index is 0.0109. The molecule has 8 nitrogen and oxygen atoms in total. The zero-order chi connectivity index (χ0) is 24.3. The maximum atomic E-state index is 13.1. The fraction of sp³-hybridized carbons (Fsp3) is 0.160. The van der Waals surface area contributed by atoms with Crippen LogP contribution < -0.4 is 15.5 Å². The Kier molecular flexibility index (Phi) is 6.47. The first kappa shape index (κ1) is 23.2. The summed E-state index contributed by atoms with van der Waals surface area (Å²) in [5.41, 5.74) is 1.98. The second kappa shape index (κ2) is 9.48. The summed E-state index contributed by atoms with van der Waals surface area (Å²) in [6.45, 7) is 1.66. The summed E-state index contributed by atoms with van der Waals surface area (Å²) < 4.78 is 25.1. The molecule has 174 valence electrons. The molecule has 0 atom stereocenters. The van der Waals surface area contributed by atoms with Gasteiger partial charge in [0.25, 0.3) is 11.8 Å². The highest BCUT2D eigenvalue weighted by Crippen LogP contribution is 2.30. The molecule has 0 fully saturated rings. The standard InChI is InChI=1S/C25H23N3O5S/c1-2-15-34(32,33)22-10-6-3-7-19(22)24(30)26-18-13-11-17(12-14-18)25(31)28-16-23(29)27-20-8-4-5-9-21(20)28/h3-14H,2,15-16H2,1H3,(H,26,30)(H,27,29). The van der Waals surface area contributed by atoms with Crippen molar-refractivity contribution in [2.45, 2.75) is 18.2 Å². The fourth-order valence-electron chi connectivity index (χ4n) is 3.77. The van der Waals surface area contributed by atoms with Gasteiger partial charge in [-0.05, 0) is 55.0 Å². The van der Waals surface area contributed by atoms with Gasteiger partial charge >= 0.3 is 0 Å². The highest BCUT2D eigenvalue weighted by Gasteiger charge is 2.27. The third-order valence-corrected chi connectivity index (χ3v) is 7.32. The Labute approximate surface area is 197 Å². The Morgan fingerprint density at radius 2 is 1.65 bits per heavy atom. The topological polar surface area (TPSA) is 113 Å². The molecule has 4 rings (SSSR count). The normalized spacial score (nSPS) is 13.1. The van der Waals surface area contributed by atoms with Crippen molar-refractivity contribution in [1.82, 2.24) is 0 Å². The number of carbonyl (C=O) groups excluding carboxylic acids is 3. The van der Waals surface area contributed by atoms with Crippen molar-refractivity contribution in [3.63, 3.8) is 0 Å². The monoisotopic (exact) mass is 477 g/mol. The van der Waals surface area contributed by atoms with E-state index in [2.05, 4.69) is 10.6 Å². The Hall–Kier alpha value is -3.98. The van der Waals surface area contributed by atoms with E-state index in [0.717, 1.165) is 0 Å². The van der Waals surface area contributed by atoms with Gasteiger partial charge in [-0.3, -0.25) is 19.3 Å². The van der Waals surface area contributed by atoms with Gasteiger partial charge in [0.1, 0.15) is 6.54 Å². The SMILES string of the molecule is CCCS(=O)(=O)c1ccccc1C(=O)Nc1ccc(C(=O)N2CC(=O)Nc3ccccc32)cc1. The van der Waals surface area contributed by atoms with Crippen molar-refractivity contribution < 1.29 is 22.8 Å². The first-order valence-corrected chi connectivity index (χ1v) is 12.4. The average Bonchev–Trinajstić information content (AvgIpc) is 2.83. The Bertz CT molecular complexity index is 1370. The van der Waals surface area contributed by atoms with E-state index in [4.69, 9.17) is 0 Å². The van der Waals surface area contributed by atoms with Gasteiger partial charge in [0.15, 0.2) is 9.84 Å². The number of rotatable bonds is 6. The van der Waals surface area contributed by atoms with Gasteiger partial charge in [0.2, 0.25) is 5.91 Å². The summed E-state index contributed by atoms with van der Waals surface area (Å²) >= 11 is 0. The number of hydrogen-bond donors (Lipinski definition) is 2. The molecule has 9 heteroatoms. The average molecular weight is 478 g/mol. The summed E-state index contributed by atoms with van der Waals surface area (Å²) in [5.74, 6) is -1.24. The van der Waals surface area contributed by atoms with E-state index in [9.17, 15) is 22.8 Å². The van der Waals surface area contributed by atoms with E-state index in [1.165, 1.54) is 17.0 Å². The summed E-state index contributed by atoms with van der Waals surface area (Å²) in [5, 5.41) is 5.43. The largest absolute Gasteiger partial charge is 0.323 e. The van der Waals surface area contributed by atoms with Crippen LogP contribution in [0.25, 0.3) is 0 Å². The summed E-state index contributed by atoms with van der Waals surface area (Å²) in [4.78, 5) is 39.3. The molecule has 1 heterocycles. The molecule has 0 bridgehead atoms. The highest BCUT2D eigenvalue weighted by molar-refractivity contribution is 7.91. The zero-order valence-electron chi connectivity index (χ0n) is 18.4. The van der Waals surface area contributed by atoms with Gasteiger partial charge in [-0.15, -0.1) is 0 Å². The van der Waals surface area contributed by atoms with Crippen molar-refractivity contribution in [3.8, 4) is 0 Å². The van der Waals surface area contributed by atoms with Gasteiger partial charge in [-0.25, -0.2) is 8.42 Å². The van der Waals surface area contributed by atoms with Crippen molar-refractivity contribution >= 4 is 44.6 Å². The number of hydrogen-bond acceptors (Lipinski definition) is 5. The van der Waals surface area contributed by atoms with Crippen LogP contribution in [0, 0.1) is 0 Å². The lowest BCUT2D eigenvalue weighted by molar-refractivity contribution is -0.115. The van der Waals surface area contributed by atoms with Crippen molar-refractivity contribution in [2.75, 3.05) is 27.8 Å². The van der Waals surface area contributed by atoms with Crippen LogP contribution >= 0.6 is 0 Å². The van der Waals surface area contributed by atoms with Gasteiger partial charge in [0, 0.05) is 11.3 Å². The number of nitrogens with zero attached hydrogens (tertiary/aromatic N) is 1. The second-order valence-corrected chi connectivity index (χ2v) is 9.88. The molecule has 1 aliphatic heterocycles. The van der Waals surface area contributed by atoms with E-state index in [1.54, 1.807) is 67.6 Å². The minimum Gasteiger partial charge on any atom is -0.323 e. The van der Waals surface area contributed by atoms with Crippen LogP contribution in [0.2, 0.25) is 0 Å². The highest BCUT2D eigenvalue weighted by atomic mass is 32.2. The van der Waals surface area contributed by atoms with E-state index in [1.807, 2.05) is 0 Å². The second-order valence-electron chi connectivity index (χ2n) is 7.80. The van der Waals surface area contributed by atoms with Crippen molar-refractivity contribution in [2.24, 2.45) is 0 Å². The van der Waals surface area contributed by atoms with Gasteiger partial charge in [0.05, 0.1) is 27.6 Å². The predicted molar refractivity (Wildman–Crippen MR) is 130 cm³/mol. The smallest absolute Gasteiger partial charge is 0.258 e. The van der Waals surface area contributed by atoms with E-state index < -0.39 is 15.7 Å². The maximum absolute atomic E-state index is 13.1. The molecule has 0 unspecified atom stereocenters. The number of sulfone groups is 1. The predicted octanol–water partition coefficient (Wildman–Crippen LogP) is 3.72. The molecule has 0 aliphatic carbocycles. The summed E-state index contributed by atoms with van der Waals surface area (Å²) in [6, 6.07) is 19.3. The molecular formula is C25H23N3O5S. The number of amides is 3. The Balaban J connectivity index is 1.53. The third kappa shape index (κ3) is 4.69. The Morgan fingerprint density at radius 3 is 2.38 bits per heavy atom. The number of anilines is 3. The molecule has 0 saturated carbocycles. The first-order valence-electron chi connectivity index (χ1n) is 10.7. The lowest BCUT2D eigenvalue weighted by Gasteiger charge is -2.29. The van der Waals surface area contributed by atoms with Crippen LogP contribution in [0.1, 0.15) is 34.1 Å². The molecule has 0 saturated heterocycles. The molecule has 0 radical (unpaired) electrons. The molecule has 3 aromatic rings. The van der Waals surface area contributed by atoms with Gasteiger partial charge < -0.3 is 10.6 Å². The minimum atomic E-state index is -3.58. The Morgan fingerprint density at radius 1 is 0.971 bits per heavy atom. The van der Waals surface area contributed by atoms with Gasteiger partial charge in [-0.1, -0.05) is 31.2 Å². The summed E-state index contributed by atoms with van der Waals surface area (Å²) in [6.07, 6.45) is 0.441. The van der Waals surface area contributed by atoms with Crippen LogP contribution in [-0.2, 0) is 14.6 Å². The molecule has 3 amide bonds. The zero-order valence-corrected chi connectivity index (χ0v) is 19.3. The molecule has 2 N–H and O–H groups in total.